The lowest BCUT2D eigenvalue weighted by Crippen LogP contribution is -2.20. The summed E-state index contributed by atoms with van der Waals surface area (Å²) >= 11 is 4.73. The Balaban J connectivity index is 1.35. The number of benzene rings is 3. The Morgan fingerprint density at radius 1 is 1.03 bits per heavy atom. The van der Waals surface area contributed by atoms with Gasteiger partial charge < -0.3 is 9.47 Å². The van der Waals surface area contributed by atoms with Crippen molar-refractivity contribution in [3.63, 3.8) is 0 Å². The maximum absolute atomic E-state index is 12.7. The van der Waals surface area contributed by atoms with Crippen LogP contribution in [0.4, 0.5) is 5.13 Å². The van der Waals surface area contributed by atoms with Crippen LogP contribution in [0.1, 0.15) is 21.5 Å². The van der Waals surface area contributed by atoms with Crippen LogP contribution in [-0.2, 0) is 4.79 Å². The molecular formula is C26H21BrN2O4S. The van der Waals surface area contributed by atoms with Crippen LogP contribution in [0.25, 0.3) is 11.3 Å². The minimum Gasteiger partial charge on any atom is -0.497 e. The Kier molecular flexibility index (Phi) is 7.40. The van der Waals surface area contributed by atoms with Crippen molar-refractivity contribution in [1.82, 2.24) is 4.98 Å². The fourth-order valence-electron chi connectivity index (χ4n) is 3.27. The molecule has 172 valence electrons. The normalized spacial score (nSPS) is 10.6. The molecule has 6 nitrogen and oxygen atoms in total. The number of nitrogens with one attached hydrogen (secondary N) is 1. The topological polar surface area (TPSA) is 77.5 Å². The van der Waals surface area contributed by atoms with Gasteiger partial charge in [0, 0.05) is 26.5 Å². The molecule has 0 fully saturated rings. The van der Waals surface area contributed by atoms with E-state index in [0.717, 1.165) is 27.0 Å². The van der Waals surface area contributed by atoms with Crippen LogP contribution in [0.2, 0.25) is 0 Å². The van der Waals surface area contributed by atoms with Gasteiger partial charge in [-0.05, 0) is 67.1 Å². The number of hydrogen-bond acceptors (Lipinski definition) is 6. The number of rotatable bonds is 8. The maximum atomic E-state index is 12.7. The van der Waals surface area contributed by atoms with Crippen LogP contribution < -0.4 is 14.8 Å². The Morgan fingerprint density at radius 3 is 2.50 bits per heavy atom. The first-order valence-electron chi connectivity index (χ1n) is 10.4. The third-order valence-corrected chi connectivity index (χ3v) is 6.27. The van der Waals surface area contributed by atoms with Gasteiger partial charge >= 0.3 is 0 Å². The van der Waals surface area contributed by atoms with E-state index in [1.165, 1.54) is 11.3 Å². The van der Waals surface area contributed by atoms with Gasteiger partial charge in [-0.1, -0.05) is 28.1 Å². The van der Waals surface area contributed by atoms with Gasteiger partial charge in [0.25, 0.3) is 5.91 Å². The van der Waals surface area contributed by atoms with Gasteiger partial charge in [-0.2, -0.15) is 0 Å². The van der Waals surface area contributed by atoms with Crippen LogP contribution in [0.5, 0.6) is 11.5 Å². The number of ether oxygens (including phenoxy) is 2. The molecular weight excluding hydrogens is 516 g/mol. The van der Waals surface area contributed by atoms with Gasteiger partial charge in [0.15, 0.2) is 17.5 Å². The number of carbonyl (C=O) groups is 2. The zero-order chi connectivity index (χ0) is 24.1. The third-order valence-electron chi connectivity index (χ3n) is 5.02. The molecule has 3 aromatic carbocycles. The van der Waals surface area contributed by atoms with E-state index in [-0.39, 0.29) is 18.3 Å². The molecule has 4 rings (SSSR count). The summed E-state index contributed by atoms with van der Waals surface area (Å²) in [7, 11) is 1.62. The molecule has 0 unspecified atom stereocenters. The zero-order valence-corrected chi connectivity index (χ0v) is 20.9. The second kappa shape index (κ2) is 10.6. The lowest BCUT2D eigenvalue weighted by atomic mass is 10.0. The van der Waals surface area contributed by atoms with Crippen molar-refractivity contribution in [3.05, 3.63) is 93.3 Å². The van der Waals surface area contributed by atoms with Crippen LogP contribution in [0.15, 0.2) is 76.6 Å². The summed E-state index contributed by atoms with van der Waals surface area (Å²) in [6.07, 6.45) is 0. The van der Waals surface area contributed by atoms with E-state index in [0.29, 0.717) is 22.0 Å². The Morgan fingerprint density at radius 2 is 1.79 bits per heavy atom. The highest BCUT2D eigenvalue weighted by Crippen LogP contribution is 2.27. The molecule has 0 saturated heterocycles. The quantitative estimate of drug-likeness (QED) is 0.274. The number of anilines is 1. The monoisotopic (exact) mass is 536 g/mol. The highest BCUT2D eigenvalue weighted by atomic mass is 79.9. The summed E-state index contributed by atoms with van der Waals surface area (Å²) in [5.41, 5.74) is 3.62. The third kappa shape index (κ3) is 5.70. The van der Waals surface area contributed by atoms with Gasteiger partial charge in [0.1, 0.15) is 11.5 Å². The summed E-state index contributed by atoms with van der Waals surface area (Å²) in [5.74, 6) is 0.916. The van der Waals surface area contributed by atoms with Crippen molar-refractivity contribution in [3.8, 4) is 22.8 Å². The Bertz CT molecular complexity index is 1330. The molecule has 1 aromatic heterocycles. The molecule has 0 aliphatic rings. The van der Waals surface area contributed by atoms with Crippen LogP contribution in [-0.4, -0.2) is 30.4 Å². The summed E-state index contributed by atoms with van der Waals surface area (Å²) in [4.78, 5) is 29.6. The molecule has 0 aliphatic heterocycles. The fraction of sp³-hybridized carbons (Fsp3) is 0.115. The lowest BCUT2D eigenvalue weighted by Gasteiger charge is -2.10. The van der Waals surface area contributed by atoms with Crippen molar-refractivity contribution in [2.24, 2.45) is 0 Å². The van der Waals surface area contributed by atoms with E-state index < -0.39 is 0 Å². The van der Waals surface area contributed by atoms with Crippen LogP contribution in [0, 0.1) is 6.92 Å². The summed E-state index contributed by atoms with van der Waals surface area (Å²) in [6, 6.07) is 20.0. The van der Waals surface area contributed by atoms with Gasteiger partial charge in [-0.25, -0.2) is 4.98 Å². The number of thiazole rings is 1. The average Bonchev–Trinajstić information content (AvgIpc) is 3.31. The number of amides is 1. The molecule has 8 heteroatoms. The van der Waals surface area contributed by atoms with E-state index in [2.05, 4.69) is 26.2 Å². The maximum Gasteiger partial charge on any atom is 0.264 e. The lowest BCUT2D eigenvalue weighted by molar-refractivity contribution is -0.118. The van der Waals surface area contributed by atoms with Crippen molar-refractivity contribution < 1.29 is 19.1 Å². The van der Waals surface area contributed by atoms with Gasteiger partial charge in [0.2, 0.25) is 0 Å². The van der Waals surface area contributed by atoms with Gasteiger partial charge in [0.05, 0.1) is 12.8 Å². The first kappa shape index (κ1) is 23.7. The fourth-order valence-corrected chi connectivity index (χ4v) is 4.41. The Labute approximate surface area is 209 Å². The summed E-state index contributed by atoms with van der Waals surface area (Å²) in [5, 5.41) is 5.13. The number of carbonyl (C=O) groups excluding carboxylic acids is 2. The van der Waals surface area contributed by atoms with E-state index in [9.17, 15) is 9.59 Å². The standard InChI is InChI=1S/C26H21BrN2O4S/c1-16-12-19(25(31)18-4-3-5-20(27)13-18)8-11-23(16)33-14-24(30)29-26-28-22(15-34-26)17-6-9-21(32-2)10-7-17/h3-13,15H,14H2,1-2H3,(H,28,29,30). The molecule has 34 heavy (non-hydrogen) atoms. The van der Waals surface area contributed by atoms with Crippen molar-refractivity contribution in [2.75, 3.05) is 19.0 Å². The minimum absolute atomic E-state index is 0.0786. The second-order valence-corrected chi connectivity index (χ2v) is 9.20. The molecule has 0 bridgehead atoms. The average molecular weight is 537 g/mol. The van der Waals surface area contributed by atoms with Gasteiger partial charge in [-0.3, -0.25) is 14.9 Å². The van der Waals surface area contributed by atoms with E-state index in [4.69, 9.17) is 9.47 Å². The first-order chi connectivity index (χ1) is 16.4. The van der Waals surface area contributed by atoms with Crippen molar-refractivity contribution >= 4 is 44.1 Å². The van der Waals surface area contributed by atoms with E-state index in [1.807, 2.05) is 48.7 Å². The summed E-state index contributed by atoms with van der Waals surface area (Å²) in [6.45, 7) is 1.67. The number of nitrogens with zero attached hydrogens (tertiary/aromatic N) is 1. The predicted octanol–water partition coefficient (Wildman–Crippen LogP) is 6.14. The largest absolute Gasteiger partial charge is 0.497 e. The van der Waals surface area contributed by atoms with Crippen LogP contribution >= 0.6 is 27.3 Å². The number of aromatic nitrogens is 1. The number of aryl methyl sites for hydroxylation is 1. The molecule has 0 saturated carbocycles. The second-order valence-electron chi connectivity index (χ2n) is 7.42. The molecule has 0 radical (unpaired) electrons. The predicted molar refractivity (Wildman–Crippen MR) is 137 cm³/mol. The summed E-state index contributed by atoms with van der Waals surface area (Å²) < 4.78 is 11.7. The molecule has 1 heterocycles. The van der Waals surface area contributed by atoms with Crippen LogP contribution in [0.3, 0.4) is 0 Å². The van der Waals surface area contributed by atoms with E-state index >= 15 is 0 Å². The first-order valence-corrected chi connectivity index (χ1v) is 12.0. The molecule has 0 atom stereocenters. The van der Waals surface area contributed by atoms with Gasteiger partial charge in [-0.15, -0.1) is 11.3 Å². The smallest absolute Gasteiger partial charge is 0.264 e. The highest BCUT2D eigenvalue weighted by Gasteiger charge is 2.13. The molecule has 4 aromatic rings. The SMILES string of the molecule is COc1ccc(-c2csc(NC(=O)COc3ccc(C(=O)c4cccc(Br)c4)cc3C)n2)cc1. The molecule has 0 aliphatic carbocycles. The number of hydrogen-bond donors (Lipinski definition) is 1. The van der Waals surface area contributed by atoms with Crippen molar-refractivity contribution in [1.29, 1.82) is 0 Å². The minimum atomic E-state index is -0.315. The molecule has 0 spiro atoms. The molecule has 1 amide bonds. The van der Waals surface area contributed by atoms with E-state index in [1.54, 1.807) is 37.4 Å². The number of halogens is 1. The Hall–Kier alpha value is -3.49. The number of ketones is 1. The zero-order valence-electron chi connectivity index (χ0n) is 18.5. The molecule has 1 N–H and O–H groups in total. The van der Waals surface area contributed by atoms with Crippen molar-refractivity contribution in [2.45, 2.75) is 6.92 Å². The highest BCUT2D eigenvalue weighted by molar-refractivity contribution is 9.10. The number of methoxy groups -OCH3 is 1.